The highest BCUT2D eigenvalue weighted by molar-refractivity contribution is 6.16. The number of allylic oxidation sites excluding steroid dienone is 1. The van der Waals surface area contributed by atoms with Crippen molar-refractivity contribution >= 4 is 11.6 Å². The maximum absolute atomic E-state index is 12.6. The number of hydrogen-bond acceptors (Lipinski definition) is 2. The van der Waals surface area contributed by atoms with E-state index in [4.69, 9.17) is 0 Å². The average molecular weight is 278 g/mol. The van der Waals surface area contributed by atoms with Gasteiger partial charge in [-0.2, -0.15) is 0 Å². The van der Waals surface area contributed by atoms with Crippen LogP contribution in [0.5, 0.6) is 0 Å². The first kappa shape index (κ1) is 14.9. The van der Waals surface area contributed by atoms with Crippen LogP contribution in [0, 0.1) is 5.92 Å². The fourth-order valence-corrected chi connectivity index (χ4v) is 2.26. The molecule has 0 saturated carbocycles. The second kappa shape index (κ2) is 6.80. The minimum absolute atomic E-state index is 0.146. The zero-order chi connectivity index (χ0) is 15.2. The van der Waals surface area contributed by atoms with Crippen LogP contribution in [0.25, 0.3) is 0 Å². The van der Waals surface area contributed by atoms with Crippen molar-refractivity contribution in [1.29, 1.82) is 0 Å². The van der Waals surface area contributed by atoms with E-state index in [2.05, 4.69) is 6.58 Å². The number of carbonyl (C=O) groups is 2. The molecular formula is C19H18O2. The molecule has 0 amide bonds. The first-order valence-corrected chi connectivity index (χ1v) is 6.92. The Morgan fingerprint density at radius 3 is 1.57 bits per heavy atom. The van der Waals surface area contributed by atoms with Gasteiger partial charge < -0.3 is 0 Å². The van der Waals surface area contributed by atoms with Crippen LogP contribution in [0.4, 0.5) is 0 Å². The van der Waals surface area contributed by atoms with Gasteiger partial charge in [-0.15, -0.1) is 6.58 Å². The number of rotatable bonds is 6. The van der Waals surface area contributed by atoms with E-state index in [0.717, 1.165) is 5.57 Å². The van der Waals surface area contributed by atoms with Gasteiger partial charge in [0.1, 0.15) is 0 Å². The zero-order valence-corrected chi connectivity index (χ0v) is 12.1. The summed E-state index contributed by atoms with van der Waals surface area (Å²) in [6.07, 6.45) is 0.376. The first-order chi connectivity index (χ1) is 10.1. The van der Waals surface area contributed by atoms with E-state index in [0.29, 0.717) is 17.5 Å². The number of carbonyl (C=O) groups excluding carboxylic acids is 2. The molecule has 0 aliphatic carbocycles. The van der Waals surface area contributed by atoms with E-state index in [1.54, 1.807) is 48.5 Å². The van der Waals surface area contributed by atoms with Crippen molar-refractivity contribution in [2.45, 2.75) is 13.3 Å². The van der Waals surface area contributed by atoms with Gasteiger partial charge in [-0.05, 0) is 13.3 Å². The molecule has 2 aromatic rings. The third-order valence-electron chi connectivity index (χ3n) is 3.30. The Morgan fingerprint density at radius 2 is 1.24 bits per heavy atom. The van der Waals surface area contributed by atoms with Crippen molar-refractivity contribution in [2.75, 3.05) is 0 Å². The summed E-state index contributed by atoms with van der Waals surface area (Å²) in [6, 6.07) is 17.9. The normalized spacial score (nSPS) is 10.4. The summed E-state index contributed by atoms with van der Waals surface area (Å²) >= 11 is 0. The van der Waals surface area contributed by atoms with Crippen LogP contribution in [0.1, 0.15) is 34.1 Å². The molecule has 106 valence electrons. The first-order valence-electron chi connectivity index (χ1n) is 6.92. The lowest BCUT2D eigenvalue weighted by Crippen LogP contribution is -2.24. The minimum Gasteiger partial charge on any atom is -0.293 e. The van der Waals surface area contributed by atoms with Crippen molar-refractivity contribution < 1.29 is 9.59 Å². The summed E-state index contributed by atoms with van der Waals surface area (Å²) in [5.41, 5.74) is 1.95. The van der Waals surface area contributed by atoms with Crippen LogP contribution < -0.4 is 0 Å². The Bertz CT molecular complexity index is 590. The van der Waals surface area contributed by atoms with Crippen molar-refractivity contribution in [3.63, 3.8) is 0 Å². The van der Waals surface area contributed by atoms with E-state index in [9.17, 15) is 9.59 Å². The molecular weight excluding hydrogens is 260 g/mol. The fourth-order valence-electron chi connectivity index (χ4n) is 2.26. The molecule has 21 heavy (non-hydrogen) atoms. The Hall–Kier alpha value is -2.48. The van der Waals surface area contributed by atoms with Crippen molar-refractivity contribution in [2.24, 2.45) is 5.92 Å². The van der Waals surface area contributed by atoms with Crippen LogP contribution in [0.2, 0.25) is 0 Å². The summed E-state index contributed by atoms with van der Waals surface area (Å²) in [5.74, 6) is -0.993. The van der Waals surface area contributed by atoms with Gasteiger partial charge in [-0.1, -0.05) is 66.2 Å². The minimum atomic E-state index is -0.702. The lowest BCUT2D eigenvalue weighted by atomic mass is 9.86. The fraction of sp³-hybridized carbons (Fsp3) is 0.158. The highest BCUT2D eigenvalue weighted by Crippen LogP contribution is 2.21. The molecule has 0 fully saturated rings. The molecule has 2 aromatic carbocycles. The maximum atomic E-state index is 12.6. The van der Waals surface area contributed by atoms with Crippen molar-refractivity contribution in [3.05, 3.63) is 83.9 Å². The Kier molecular flexibility index (Phi) is 4.83. The van der Waals surface area contributed by atoms with Gasteiger partial charge in [-0.25, -0.2) is 0 Å². The Labute approximate surface area is 125 Å². The smallest absolute Gasteiger partial charge is 0.174 e. The van der Waals surface area contributed by atoms with Gasteiger partial charge in [-0.3, -0.25) is 9.59 Å². The van der Waals surface area contributed by atoms with Crippen LogP contribution in [-0.2, 0) is 0 Å². The highest BCUT2D eigenvalue weighted by Gasteiger charge is 2.28. The van der Waals surface area contributed by atoms with E-state index in [1.165, 1.54) is 0 Å². The standard InChI is InChI=1S/C19H18O2/c1-14(2)13-17(18(20)15-9-5-3-6-10-15)19(21)16-11-7-4-8-12-16/h3-12,17H,1,13H2,2H3. The quantitative estimate of drug-likeness (QED) is 0.447. The largest absolute Gasteiger partial charge is 0.293 e. The third-order valence-corrected chi connectivity index (χ3v) is 3.30. The van der Waals surface area contributed by atoms with E-state index in [1.807, 2.05) is 19.1 Å². The van der Waals surface area contributed by atoms with Gasteiger partial charge in [0.2, 0.25) is 0 Å². The second-order valence-electron chi connectivity index (χ2n) is 5.17. The molecule has 0 heterocycles. The van der Waals surface area contributed by atoms with E-state index in [-0.39, 0.29) is 11.6 Å². The number of Topliss-reactive ketones (excluding diaryl/α,β-unsaturated/α-hetero) is 2. The summed E-state index contributed by atoms with van der Waals surface area (Å²) in [5, 5.41) is 0. The van der Waals surface area contributed by atoms with E-state index < -0.39 is 5.92 Å². The van der Waals surface area contributed by atoms with Gasteiger partial charge in [0, 0.05) is 11.1 Å². The molecule has 2 rings (SSSR count). The summed E-state index contributed by atoms with van der Waals surface area (Å²) in [7, 11) is 0. The van der Waals surface area contributed by atoms with Crippen LogP contribution in [0.15, 0.2) is 72.8 Å². The van der Waals surface area contributed by atoms with Gasteiger partial charge in [0.15, 0.2) is 11.6 Å². The predicted molar refractivity (Wildman–Crippen MR) is 84.5 cm³/mol. The lowest BCUT2D eigenvalue weighted by molar-refractivity contribution is 0.0806. The van der Waals surface area contributed by atoms with Gasteiger partial charge in [0.05, 0.1) is 5.92 Å². The second-order valence-corrected chi connectivity index (χ2v) is 5.17. The molecule has 0 N–H and O–H groups in total. The SMILES string of the molecule is C=C(C)CC(C(=O)c1ccccc1)C(=O)c1ccccc1. The highest BCUT2D eigenvalue weighted by atomic mass is 16.1. The predicted octanol–water partition coefficient (Wildman–Crippen LogP) is 4.33. The molecule has 2 heteroatoms. The van der Waals surface area contributed by atoms with Crippen molar-refractivity contribution in [1.82, 2.24) is 0 Å². The van der Waals surface area contributed by atoms with Gasteiger partial charge >= 0.3 is 0 Å². The monoisotopic (exact) mass is 278 g/mol. The summed E-state index contributed by atoms with van der Waals surface area (Å²) in [6.45, 7) is 5.68. The molecule has 2 nitrogen and oxygen atoms in total. The van der Waals surface area contributed by atoms with Crippen LogP contribution in [-0.4, -0.2) is 11.6 Å². The molecule has 0 saturated heterocycles. The Morgan fingerprint density at radius 1 is 0.857 bits per heavy atom. The van der Waals surface area contributed by atoms with E-state index >= 15 is 0 Å². The molecule has 0 aliphatic rings. The topological polar surface area (TPSA) is 34.1 Å². The van der Waals surface area contributed by atoms with Crippen LogP contribution in [0.3, 0.4) is 0 Å². The molecule has 0 aliphatic heterocycles. The molecule has 0 atom stereocenters. The zero-order valence-electron chi connectivity index (χ0n) is 12.1. The third kappa shape index (κ3) is 3.76. The Balaban J connectivity index is 2.33. The number of hydrogen-bond donors (Lipinski definition) is 0. The molecule has 0 spiro atoms. The number of benzene rings is 2. The average Bonchev–Trinajstić information content (AvgIpc) is 2.53. The molecule has 0 radical (unpaired) electrons. The number of ketones is 2. The summed E-state index contributed by atoms with van der Waals surface area (Å²) in [4.78, 5) is 25.3. The molecule has 0 aromatic heterocycles. The lowest BCUT2D eigenvalue weighted by Gasteiger charge is -2.15. The molecule has 0 bridgehead atoms. The molecule has 0 unspecified atom stereocenters. The van der Waals surface area contributed by atoms with Crippen molar-refractivity contribution in [3.8, 4) is 0 Å². The summed E-state index contributed by atoms with van der Waals surface area (Å²) < 4.78 is 0. The van der Waals surface area contributed by atoms with Crippen LogP contribution >= 0.6 is 0 Å². The van der Waals surface area contributed by atoms with Gasteiger partial charge in [0.25, 0.3) is 0 Å². The maximum Gasteiger partial charge on any atom is 0.174 e.